The van der Waals surface area contributed by atoms with Crippen LogP contribution in [0.15, 0.2) is 48.5 Å². The molecule has 0 saturated carbocycles. The minimum Gasteiger partial charge on any atom is -0.351 e. The Hall–Kier alpha value is -4.12. The highest BCUT2D eigenvalue weighted by Crippen LogP contribution is 2.46. The molecule has 1 saturated heterocycles. The second-order valence-electron chi connectivity index (χ2n) is 11.0. The third-order valence-corrected chi connectivity index (χ3v) is 8.12. The van der Waals surface area contributed by atoms with Gasteiger partial charge < -0.3 is 20.1 Å². The SMILES string of the molecule is Cc1cccc2[nH]c(C(=O)N(C)[C@@H](CCC(C)C)C(=O)N3C[C@]4(C[C@H]3C#N)C(=O)Nc3ccccc34)cc12. The molecule has 196 valence electrons. The number of nitriles is 1. The van der Waals surface area contributed by atoms with E-state index in [4.69, 9.17) is 0 Å². The van der Waals surface area contributed by atoms with Crippen molar-refractivity contribution >= 4 is 34.3 Å². The van der Waals surface area contributed by atoms with Gasteiger partial charge in [0.15, 0.2) is 0 Å². The van der Waals surface area contributed by atoms with Gasteiger partial charge in [-0.15, -0.1) is 0 Å². The molecule has 2 N–H and O–H groups in total. The summed E-state index contributed by atoms with van der Waals surface area (Å²) in [5, 5.41) is 13.9. The molecule has 0 unspecified atom stereocenters. The highest BCUT2D eigenvalue weighted by atomic mass is 16.2. The van der Waals surface area contributed by atoms with Gasteiger partial charge in [0, 0.05) is 36.6 Å². The van der Waals surface area contributed by atoms with Gasteiger partial charge in [-0.3, -0.25) is 14.4 Å². The van der Waals surface area contributed by atoms with E-state index in [-0.39, 0.29) is 30.7 Å². The van der Waals surface area contributed by atoms with Crippen molar-refractivity contribution in [1.82, 2.24) is 14.8 Å². The standard InChI is InChI=1S/C30H33N5O3/c1-18(2)12-13-26(34(4)27(36)25-14-21-19(3)8-7-11-23(21)32-25)28(37)35-17-30(15-20(35)16-31)22-9-5-6-10-24(22)33-29(30)38/h5-11,14,18,20,26,32H,12-13,15,17H2,1-4H3,(H,33,38)/t20-,26-,30-/m0/s1. The van der Waals surface area contributed by atoms with Gasteiger partial charge in [0.05, 0.1) is 11.5 Å². The molecule has 0 radical (unpaired) electrons. The minimum atomic E-state index is -0.966. The van der Waals surface area contributed by atoms with Crippen LogP contribution < -0.4 is 5.32 Å². The number of nitrogens with zero attached hydrogens (tertiary/aromatic N) is 3. The van der Waals surface area contributed by atoms with Crippen LogP contribution in [0.25, 0.3) is 10.9 Å². The molecule has 1 fully saturated rings. The van der Waals surface area contributed by atoms with Gasteiger partial charge >= 0.3 is 0 Å². The van der Waals surface area contributed by atoms with Gasteiger partial charge in [0.1, 0.15) is 17.8 Å². The van der Waals surface area contributed by atoms with Crippen LogP contribution in [-0.2, 0) is 15.0 Å². The fraction of sp³-hybridized carbons (Fsp3) is 0.400. The maximum absolute atomic E-state index is 14.1. The lowest BCUT2D eigenvalue weighted by Gasteiger charge is -2.32. The summed E-state index contributed by atoms with van der Waals surface area (Å²) < 4.78 is 0. The Kier molecular flexibility index (Phi) is 6.47. The Morgan fingerprint density at radius 2 is 1.95 bits per heavy atom. The van der Waals surface area contributed by atoms with Crippen LogP contribution in [0.3, 0.4) is 0 Å². The van der Waals surface area contributed by atoms with E-state index in [1.165, 1.54) is 9.80 Å². The number of carbonyl (C=O) groups is 3. The van der Waals surface area contributed by atoms with E-state index in [0.717, 1.165) is 34.1 Å². The molecule has 3 amide bonds. The molecule has 1 aromatic heterocycles. The van der Waals surface area contributed by atoms with E-state index >= 15 is 0 Å². The largest absolute Gasteiger partial charge is 0.351 e. The molecule has 8 heteroatoms. The number of para-hydroxylation sites is 1. The zero-order chi connectivity index (χ0) is 27.2. The summed E-state index contributed by atoms with van der Waals surface area (Å²) in [4.78, 5) is 47.2. The first-order chi connectivity index (χ1) is 18.2. The van der Waals surface area contributed by atoms with Crippen molar-refractivity contribution in [2.24, 2.45) is 5.92 Å². The highest BCUT2D eigenvalue weighted by Gasteiger charge is 2.56. The third kappa shape index (κ3) is 4.12. The molecule has 2 aliphatic heterocycles. The van der Waals surface area contributed by atoms with E-state index < -0.39 is 17.5 Å². The van der Waals surface area contributed by atoms with E-state index in [0.29, 0.717) is 18.0 Å². The summed E-state index contributed by atoms with van der Waals surface area (Å²) >= 11 is 0. The Morgan fingerprint density at radius 1 is 1.18 bits per heavy atom. The van der Waals surface area contributed by atoms with Crippen molar-refractivity contribution in [3.8, 4) is 6.07 Å². The molecular formula is C30H33N5O3. The molecule has 0 bridgehead atoms. The zero-order valence-electron chi connectivity index (χ0n) is 22.2. The number of aromatic nitrogens is 1. The quantitative estimate of drug-likeness (QED) is 0.512. The van der Waals surface area contributed by atoms with Gasteiger partial charge in [0.2, 0.25) is 11.8 Å². The average Bonchev–Trinajstić information content (AvgIpc) is 3.58. The van der Waals surface area contributed by atoms with Crippen molar-refractivity contribution in [1.29, 1.82) is 5.26 Å². The number of aryl methyl sites for hydroxylation is 1. The van der Waals surface area contributed by atoms with Crippen LogP contribution in [-0.4, -0.2) is 58.2 Å². The fourth-order valence-corrected chi connectivity index (χ4v) is 5.90. The number of carbonyl (C=O) groups excluding carboxylic acids is 3. The minimum absolute atomic E-state index is 0.110. The number of fused-ring (bicyclic) bond motifs is 3. The van der Waals surface area contributed by atoms with Crippen molar-refractivity contribution < 1.29 is 14.4 Å². The molecule has 2 aromatic carbocycles. The van der Waals surface area contributed by atoms with Gasteiger partial charge in [-0.05, 0) is 55.0 Å². The molecule has 3 aromatic rings. The predicted molar refractivity (Wildman–Crippen MR) is 145 cm³/mol. The Balaban J connectivity index is 1.46. The van der Waals surface area contributed by atoms with Crippen molar-refractivity contribution in [2.45, 2.75) is 57.5 Å². The van der Waals surface area contributed by atoms with Crippen LogP contribution in [0.1, 0.15) is 54.7 Å². The van der Waals surface area contributed by atoms with Gasteiger partial charge in [-0.2, -0.15) is 5.26 Å². The summed E-state index contributed by atoms with van der Waals surface area (Å²) in [5.74, 6) is -0.442. The van der Waals surface area contributed by atoms with E-state index in [9.17, 15) is 19.6 Å². The van der Waals surface area contributed by atoms with Crippen LogP contribution >= 0.6 is 0 Å². The van der Waals surface area contributed by atoms with Crippen molar-refractivity contribution in [3.63, 3.8) is 0 Å². The Morgan fingerprint density at radius 3 is 2.66 bits per heavy atom. The lowest BCUT2D eigenvalue weighted by Crippen LogP contribution is -2.51. The summed E-state index contributed by atoms with van der Waals surface area (Å²) in [6.45, 7) is 6.25. The fourth-order valence-electron chi connectivity index (χ4n) is 5.90. The lowest BCUT2D eigenvalue weighted by molar-refractivity contribution is -0.136. The van der Waals surface area contributed by atoms with Crippen LogP contribution in [0.5, 0.6) is 0 Å². The maximum Gasteiger partial charge on any atom is 0.270 e. The van der Waals surface area contributed by atoms with E-state index in [1.54, 1.807) is 7.05 Å². The molecule has 1 spiro atoms. The van der Waals surface area contributed by atoms with E-state index in [2.05, 4.69) is 30.2 Å². The predicted octanol–water partition coefficient (Wildman–Crippen LogP) is 4.37. The van der Waals surface area contributed by atoms with Crippen LogP contribution in [0, 0.1) is 24.2 Å². The number of hydrogen-bond acceptors (Lipinski definition) is 4. The molecule has 8 nitrogen and oxygen atoms in total. The topological polar surface area (TPSA) is 109 Å². The normalized spacial score (nSPS) is 21.0. The summed E-state index contributed by atoms with van der Waals surface area (Å²) in [5.41, 5.74) is 2.91. The number of benzene rings is 2. The van der Waals surface area contributed by atoms with Gasteiger partial charge in [-0.25, -0.2) is 0 Å². The number of amides is 3. The lowest BCUT2D eigenvalue weighted by atomic mass is 9.80. The maximum atomic E-state index is 14.1. The smallest absolute Gasteiger partial charge is 0.270 e. The van der Waals surface area contributed by atoms with Crippen molar-refractivity contribution in [3.05, 3.63) is 65.4 Å². The van der Waals surface area contributed by atoms with Gasteiger partial charge in [0.25, 0.3) is 5.91 Å². The summed E-state index contributed by atoms with van der Waals surface area (Å²) in [6, 6.07) is 15.9. The highest BCUT2D eigenvalue weighted by molar-refractivity contribution is 6.07. The number of anilines is 1. The first kappa shape index (κ1) is 25.5. The first-order valence-corrected chi connectivity index (χ1v) is 13.1. The summed E-state index contributed by atoms with van der Waals surface area (Å²) in [6.07, 6.45) is 1.43. The molecule has 3 heterocycles. The number of aromatic amines is 1. The number of H-pyrrole nitrogens is 1. The number of likely N-dealkylation sites (N-methyl/N-ethyl adjacent to an activating group) is 1. The van der Waals surface area contributed by atoms with Gasteiger partial charge in [-0.1, -0.05) is 44.2 Å². The summed E-state index contributed by atoms with van der Waals surface area (Å²) in [7, 11) is 1.65. The third-order valence-electron chi connectivity index (χ3n) is 8.12. The Bertz CT molecular complexity index is 1470. The van der Waals surface area contributed by atoms with Crippen LogP contribution in [0.4, 0.5) is 5.69 Å². The van der Waals surface area contributed by atoms with Crippen molar-refractivity contribution in [2.75, 3.05) is 18.9 Å². The molecular weight excluding hydrogens is 478 g/mol. The molecule has 3 atom stereocenters. The Labute approximate surface area is 222 Å². The molecule has 38 heavy (non-hydrogen) atoms. The monoisotopic (exact) mass is 511 g/mol. The number of rotatable bonds is 6. The second-order valence-corrected chi connectivity index (χ2v) is 11.0. The zero-order valence-corrected chi connectivity index (χ0v) is 22.2. The number of hydrogen-bond donors (Lipinski definition) is 2. The number of nitrogens with one attached hydrogen (secondary N) is 2. The molecule has 2 aliphatic rings. The van der Waals surface area contributed by atoms with Crippen LogP contribution in [0.2, 0.25) is 0 Å². The first-order valence-electron chi connectivity index (χ1n) is 13.1. The molecule has 0 aliphatic carbocycles. The second kappa shape index (κ2) is 9.64. The van der Waals surface area contributed by atoms with E-state index in [1.807, 2.05) is 55.5 Å². The molecule has 5 rings (SSSR count). The number of likely N-dealkylation sites (tertiary alicyclic amines) is 1. The average molecular weight is 512 g/mol.